The lowest BCUT2D eigenvalue weighted by molar-refractivity contribution is -0.134. The molecule has 1 saturated heterocycles. The summed E-state index contributed by atoms with van der Waals surface area (Å²) in [6, 6.07) is 3.74. The Labute approximate surface area is 178 Å². The molecule has 11 heteroatoms. The van der Waals surface area contributed by atoms with Crippen LogP contribution in [0.1, 0.15) is 5.56 Å². The molecule has 1 unspecified atom stereocenters. The summed E-state index contributed by atoms with van der Waals surface area (Å²) in [5, 5.41) is 29.5. The van der Waals surface area contributed by atoms with Crippen molar-refractivity contribution in [3.8, 4) is 0 Å². The number of aliphatic hydroxyl groups is 1. The van der Waals surface area contributed by atoms with Crippen LogP contribution in [0, 0.1) is 0 Å². The molecule has 0 bridgehead atoms. The minimum atomic E-state index is -1.26. The number of aliphatic hydroxyl groups excluding tert-OH is 1. The fraction of sp³-hybridized carbons (Fsp3) is 0.368. The van der Waals surface area contributed by atoms with Crippen molar-refractivity contribution in [2.45, 2.75) is 6.10 Å². The number of oxime groups is 1. The van der Waals surface area contributed by atoms with Gasteiger partial charge in [-0.05, 0) is 17.7 Å². The summed E-state index contributed by atoms with van der Waals surface area (Å²) in [6.07, 6.45) is 7.33. The van der Waals surface area contributed by atoms with E-state index < -0.39 is 18.0 Å². The van der Waals surface area contributed by atoms with Gasteiger partial charge >= 0.3 is 11.9 Å². The van der Waals surface area contributed by atoms with Gasteiger partial charge in [-0.25, -0.2) is 9.59 Å². The average molecular weight is 442 g/mol. The van der Waals surface area contributed by atoms with Gasteiger partial charge in [0, 0.05) is 44.2 Å². The maximum Gasteiger partial charge on any atom is 0.328 e. The van der Waals surface area contributed by atoms with Crippen LogP contribution >= 0.6 is 11.6 Å². The predicted octanol–water partition coefficient (Wildman–Crippen LogP) is 1.07. The van der Waals surface area contributed by atoms with E-state index in [2.05, 4.69) is 15.0 Å². The minimum absolute atomic E-state index is 0.105. The molecule has 30 heavy (non-hydrogen) atoms. The molecule has 0 radical (unpaired) electrons. The number of hydrogen-bond acceptors (Lipinski definition) is 8. The number of carbonyl (C=O) groups is 2. The number of allylic oxidation sites excluding steroid dienone is 1. The maximum atomic E-state index is 9.88. The Balaban J connectivity index is 0.000000479. The summed E-state index contributed by atoms with van der Waals surface area (Å²) in [5.74, 6) is -2.51. The monoisotopic (exact) mass is 441 g/mol. The number of aliphatic carboxylic acids is 2. The molecule has 1 aliphatic rings. The van der Waals surface area contributed by atoms with Gasteiger partial charge in [0.05, 0.1) is 13.2 Å². The highest BCUT2D eigenvalue weighted by molar-refractivity contribution is 6.68. The molecule has 10 nitrogen and oxygen atoms in total. The molecule has 1 atom stereocenters. The molecule has 1 fully saturated rings. The minimum Gasteiger partial charge on any atom is -0.478 e. The van der Waals surface area contributed by atoms with E-state index in [1.807, 2.05) is 12.1 Å². The largest absolute Gasteiger partial charge is 0.478 e. The molecule has 0 spiro atoms. The number of carboxylic acid groups (broad SMARTS) is 2. The van der Waals surface area contributed by atoms with Gasteiger partial charge < -0.3 is 24.9 Å². The standard InChI is InChI=1S/C15H20ClN3O3.C4H4O4/c16-15(4-3-13-2-1-5-17-10-13)18-22-12-14(20)11-19-6-8-21-9-7-19;5-3(6)1-2-4(7)8/h1-5,10,14,20H,6-9,11-12H2;1-2H,(H,5,6)(H,7,8). The first-order valence-corrected chi connectivity index (χ1v) is 9.30. The smallest absolute Gasteiger partial charge is 0.328 e. The van der Waals surface area contributed by atoms with Crippen LogP contribution in [-0.2, 0) is 19.2 Å². The molecule has 2 heterocycles. The van der Waals surface area contributed by atoms with Crippen molar-refractivity contribution in [1.29, 1.82) is 0 Å². The first-order valence-electron chi connectivity index (χ1n) is 8.92. The van der Waals surface area contributed by atoms with E-state index in [1.54, 1.807) is 24.5 Å². The lowest BCUT2D eigenvalue weighted by atomic mass is 10.3. The van der Waals surface area contributed by atoms with Crippen LogP contribution in [0.5, 0.6) is 0 Å². The van der Waals surface area contributed by atoms with E-state index in [-0.39, 0.29) is 11.8 Å². The Morgan fingerprint density at radius 1 is 1.27 bits per heavy atom. The summed E-state index contributed by atoms with van der Waals surface area (Å²) in [6.45, 7) is 3.72. The first-order chi connectivity index (χ1) is 14.4. The summed E-state index contributed by atoms with van der Waals surface area (Å²) in [5.41, 5.74) is 0.920. The van der Waals surface area contributed by atoms with Gasteiger partial charge in [-0.2, -0.15) is 0 Å². The van der Waals surface area contributed by atoms with Crippen LogP contribution < -0.4 is 0 Å². The number of nitrogens with zero attached hydrogens (tertiary/aromatic N) is 3. The van der Waals surface area contributed by atoms with Gasteiger partial charge in [-0.15, -0.1) is 0 Å². The molecule has 1 aromatic rings. The van der Waals surface area contributed by atoms with E-state index in [4.69, 9.17) is 31.4 Å². The fourth-order valence-corrected chi connectivity index (χ4v) is 2.24. The molecule has 164 valence electrons. The highest BCUT2D eigenvalue weighted by Crippen LogP contribution is 2.02. The number of pyridine rings is 1. The molecule has 1 aliphatic heterocycles. The third-order valence-corrected chi connectivity index (χ3v) is 3.65. The predicted molar refractivity (Wildman–Crippen MR) is 110 cm³/mol. The van der Waals surface area contributed by atoms with E-state index >= 15 is 0 Å². The number of hydrogen-bond donors (Lipinski definition) is 3. The molecular weight excluding hydrogens is 418 g/mol. The zero-order valence-electron chi connectivity index (χ0n) is 16.1. The van der Waals surface area contributed by atoms with Crippen molar-refractivity contribution in [1.82, 2.24) is 9.88 Å². The number of morpholine rings is 1. The van der Waals surface area contributed by atoms with Crippen molar-refractivity contribution in [3.05, 3.63) is 48.3 Å². The SMILES string of the molecule is O=C(O)C=CC(=O)O.OC(CON=C(Cl)C=Cc1cccnc1)CN1CCOCC1. The van der Waals surface area contributed by atoms with Crippen molar-refractivity contribution in [2.75, 3.05) is 39.5 Å². The summed E-state index contributed by atoms with van der Waals surface area (Å²) >= 11 is 5.92. The van der Waals surface area contributed by atoms with E-state index in [0.29, 0.717) is 31.9 Å². The molecule has 0 aromatic carbocycles. The Morgan fingerprint density at radius 2 is 1.93 bits per heavy atom. The Kier molecular flexibility index (Phi) is 12.7. The normalized spacial score (nSPS) is 16.1. The summed E-state index contributed by atoms with van der Waals surface area (Å²) in [4.78, 5) is 30.3. The van der Waals surface area contributed by atoms with Crippen molar-refractivity contribution < 1.29 is 34.5 Å². The van der Waals surface area contributed by atoms with Gasteiger partial charge in [0.15, 0.2) is 5.17 Å². The average Bonchev–Trinajstić information content (AvgIpc) is 2.73. The van der Waals surface area contributed by atoms with E-state index in [1.165, 1.54) is 0 Å². The highest BCUT2D eigenvalue weighted by Gasteiger charge is 2.15. The number of β-amino-alcohol motifs (C(OH)–C–C–N with tert-alkyl or cyclic N) is 1. The molecule has 1 aromatic heterocycles. The second kappa shape index (κ2) is 15.1. The van der Waals surface area contributed by atoms with Crippen LogP contribution in [0.3, 0.4) is 0 Å². The second-order valence-corrected chi connectivity index (χ2v) is 6.29. The van der Waals surface area contributed by atoms with Crippen LogP contribution in [0.15, 0.2) is 47.9 Å². The molecule has 0 saturated carbocycles. The molecule has 2 rings (SSSR count). The van der Waals surface area contributed by atoms with Crippen molar-refractivity contribution in [3.63, 3.8) is 0 Å². The fourth-order valence-electron chi connectivity index (χ4n) is 2.13. The Morgan fingerprint density at radius 3 is 2.50 bits per heavy atom. The van der Waals surface area contributed by atoms with Gasteiger partial charge in [-0.3, -0.25) is 9.88 Å². The highest BCUT2D eigenvalue weighted by atomic mass is 35.5. The lowest BCUT2D eigenvalue weighted by Gasteiger charge is -2.28. The number of aromatic nitrogens is 1. The molecular formula is C19H24ClN3O7. The van der Waals surface area contributed by atoms with Crippen molar-refractivity contribution in [2.24, 2.45) is 5.16 Å². The second-order valence-electron chi connectivity index (χ2n) is 5.91. The number of ether oxygens (including phenoxy) is 1. The topological polar surface area (TPSA) is 142 Å². The van der Waals surface area contributed by atoms with Gasteiger partial charge in [0.2, 0.25) is 0 Å². The number of halogens is 1. The van der Waals surface area contributed by atoms with Crippen LogP contribution in [0.4, 0.5) is 0 Å². The zero-order valence-corrected chi connectivity index (χ0v) is 16.9. The van der Waals surface area contributed by atoms with Gasteiger partial charge in [-0.1, -0.05) is 28.9 Å². The Bertz CT molecular complexity index is 719. The number of carboxylic acids is 2. The van der Waals surface area contributed by atoms with E-state index in [9.17, 15) is 14.7 Å². The summed E-state index contributed by atoms with van der Waals surface area (Å²) in [7, 11) is 0. The van der Waals surface area contributed by atoms with Crippen LogP contribution in [0.25, 0.3) is 6.08 Å². The first kappa shape index (κ1) is 25.2. The lowest BCUT2D eigenvalue weighted by Crippen LogP contribution is -2.42. The van der Waals surface area contributed by atoms with Crippen molar-refractivity contribution >= 4 is 34.8 Å². The zero-order chi connectivity index (χ0) is 22.2. The van der Waals surface area contributed by atoms with Gasteiger partial charge in [0.25, 0.3) is 0 Å². The van der Waals surface area contributed by atoms with E-state index in [0.717, 1.165) is 18.7 Å². The maximum absolute atomic E-state index is 9.88. The Hall–Kier alpha value is -2.79. The van der Waals surface area contributed by atoms with Gasteiger partial charge in [0.1, 0.15) is 12.7 Å². The van der Waals surface area contributed by atoms with Crippen LogP contribution in [-0.4, -0.2) is 87.9 Å². The third kappa shape index (κ3) is 13.4. The molecule has 0 aliphatic carbocycles. The molecule has 0 amide bonds. The quantitative estimate of drug-likeness (QED) is 0.291. The summed E-state index contributed by atoms with van der Waals surface area (Å²) < 4.78 is 5.25. The molecule has 3 N–H and O–H groups in total. The van der Waals surface area contributed by atoms with Crippen LogP contribution in [0.2, 0.25) is 0 Å². The number of rotatable bonds is 9. The third-order valence-electron chi connectivity index (χ3n) is 3.46.